The Morgan fingerprint density at radius 1 is 1.52 bits per heavy atom. The van der Waals surface area contributed by atoms with Crippen molar-refractivity contribution < 1.29 is 9.90 Å². The van der Waals surface area contributed by atoms with E-state index in [4.69, 9.17) is 5.11 Å². The molecule has 0 radical (unpaired) electrons. The summed E-state index contributed by atoms with van der Waals surface area (Å²) in [5.74, 6) is 5.73. The summed E-state index contributed by atoms with van der Waals surface area (Å²) in [6.45, 7) is 2.41. The Labute approximate surface area is 127 Å². The zero-order valence-electron chi connectivity index (χ0n) is 12.0. The predicted molar refractivity (Wildman–Crippen MR) is 82.0 cm³/mol. The van der Waals surface area contributed by atoms with E-state index in [1.807, 2.05) is 26.1 Å². The molecule has 5 nitrogen and oxygen atoms in total. The molecule has 110 valence electrons. The quantitative estimate of drug-likeness (QED) is 0.840. The third-order valence-electron chi connectivity index (χ3n) is 3.01. The van der Waals surface area contributed by atoms with Gasteiger partial charge in [0.05, 0.1) is 29.8 Å². The van der Waals surface area contributed by atoms with Crippen molar-refractivity contribution in [2.45, 2.75) is 19.9 Å². The van der Waals surface area contributed by atoms with Crippen molar-refractivity contribution in [2.75, 3.05) is 6.61 Å². The van der Waals surface area contributed by atoms with E-state index in [1.165, 1.54) is 11.3 Å². The number of carbonyl (C=O) groups excluding carboxylic acids is 1. The van der Waals surface area contributed by atoms with Crippen LogP contribution in [0.2, 0.25) is 0 Å². The van der Waals surface area contributed by atoms with Gasteiger partial charge in [-0.3, -0.25) is 9.48 Å². The molecule has 2 rings (SSSR count). The first kappa shape index (κ1) is 15.3. The lowest BCUT2D eigenvalue weighted by molar-refractivity contribution is 0.0950. The van der Waals surface area contributed by atoms with Gasteiger partial charge in [-0.25, -0.2) is 0 Å². The molecule has 0 aromatic carbocycles. The van der Waals surface area contributed by atoms with Crippen molar-refractivity contribution in [3.63, 3.8) is 0 Å². The van der Waals surface area contributed by atoms with Gasteiger partial charge < -0.3 is 10.4 Å². The maximum atomic E-state index is 12.1. The van der Waals surface area contributed by atoms with Crippen LogP contribution in [-0.4, -0.2) is 27.4 Å². The van der Waals surface area contributed by atoms with E-state index >= 15 is 0 Å². The molecule has 1 amide bonds. The van der Waals surface area contributed by atoms with E-state index in [2.05, 4.69) is 22.3 Å². The van der Waals surface area contributed by atoms with Gasteiger partial charge in [0.2, 0.25) is 0 Å². The lowest BCUT2D eigenvalue weighted by atomic mass is 10.2. The lowest BCUT2D eigenvalue weighted by Gasteiger charge is -2.02. The van der Waals surface area contributed by atoms with E-state index in [-0.39, 0.29) is 12.5 Å². The van der Waals surface area contributed by atoms with Crippen LogP contribution in [0.3, 0.4) is 0 Å². The monoisotopic (exact) mass is 303 g/mol. The summed E-state index contributed by atoms with van der Waals surface area (Å²) in [7, 11) is 1.81. The van der Waals surface area contributed by atoms with Crippen LogP contribution in [0.25, 0.3) is 0 Å². The van der Waals surface area contributed by atoms with Crippen molar-refractivity contribution in [1.29, 1.82) is 0 Å². The Bertz CT molecular complexity index is 691. The molecule has 2 aromatic heterocycles. The largest absolute Gasteiger partial charge is 0.395 e. The summed E-state index contributed by atoms with van der Waals surface area (Å²) in [6, 6.07) is 3.87. The van der Waals surface area contributed by atoms with Gasteiger partial charge in [0, 0.05) is 24.0 Å². The number of thiophene rings is 1. The van der Waals surface area contributed by atoms with Crippen molar-refractivity contribution in [3.05, 3.63) is 39.3 Å². The van der Waals surface area contributed by atoms with Crippen LogP contribution in [0.15, 0.2) is 18.3 Å². The molecule has 0 saturated heterocycles. The fourth-order valence-corrected chi connectivity index (χ4v) is 2.55. The molecule has 0 aliphatic rings. The number of carbonyl (C=O) groups is 1. The van der Waals surface area contributed by atoms with Crippen LogP contribution in [0.4, 0.5) is 0 Å². The maximum Gasteiger partial charge on any atom is 0.255 e. The number of nitrogens with one attached hydrogen (secondary N) is 1. The van der Waals surface area contributed by atoms with E-state index < -0.39 is 0 Å². The van der Waals surface area contributed by atoms with Crippen LogP contribution in [0.1, 0.15) is 32.2 Å². The molecule has 2 aromatic rings. The molecule has 0 atom stereocenters. The highest BCUT2D eigenvalue weighted by atomic mass is 32.1. The minimum atomic E-state index is -0.123. The van der Waals surface area contributed by atoms with Crippen LogP contribution in [0.5, 0.6) is 0 Å². The third kappa shape index (κ3) is 3.94. The average molecular weight is 303 g/mol. The van der Waals surface area contributed by atoms with Crippen LogP contribution >= 0.6 is 11.3 Å². The predicted octanol–water partition coefficient (Wildman–Crippen LogP) is 1.45. The smallest absolute Gasteiger partial charge is 0.255 e. The molecule has 0 spiro atoms. The first-order valence-corrected chi connectivity index (χ1v) is 7.38. The topological polar surface area (TPSA) is 67.2 Å². The summed E-state index contributed by atoms with van der Waals surface area (Å²) in [6.07, 6.45) is 2.05. The Balaban J connectivity index is 1.93. The summed E-state index contributed by atoms with van der Waals surface area (Å²) < 4.78 is 1.68. The van der Waals surface area contributed by atoms with Gasteiger partial charge in [-0.05, 0) is 19.1 Å². The van der Waals surface area contributed by atoms with Crippen LogP contribution < -0.4 is 5.32 Å². The highest BCUT2D eigenvalue weighted by Gasteiger charge is 2.12. The molecular formula is C15H17N3O2S. The molecule has 0 unspecified atom stereocenters. The average Bonchev–Trinajstić information content (AvgIpc) is 3.05. The van der Waals surface area contributed by atoms with E-state index in [0.717, 1.165) is 15.4 Å². The van der Waals surface area contributed by atoms with Crippen molar-refractivity contribution in [2.24, 2.45) is 7.05 Å². The number of rotatable bonds is 4. The Kier molecular flexibility index (Phi) is 5.14. The molecule has 2 N–H and O–H groups in total. The number of amides is 1. The number of hydrogen-bond donors (Lipinski definition) is 2. The van der Waals surface area contributed by atoms with Gasteiger partial charge in [0.1, 0.15) is 0 Å². The normalized spacial score (nSPS) is 10.0. The fourth-order valence-electron chi connectivity index (χ4n) is 1.73. The summed E-state index contributed by atoms with van der Waals surface area (Å²) >= 11 is 1.54. The summed E-state index contributed by atoms with van der Waals surface area (Å²) in [5, 5.41) is 15.6. The van der Waals surface area contributed by atoms with E-state index in [9.17, 15) is 4.79 Å². The summed E-state index contributed by atoms with van der Waals surface area (Å²) in [5.41, 5.74) is 1.44. The van der Waals surface area contributed by atoms with Gasteiger partial charge >= 0.3 is 0 Å². The second-order valence-corrected chi connectivity index (χ2v) is 5.66. The van der Waals surface area contributed by atoms with Gasteiger partial charge in [-0.15, -0.1) is 11.3 Å². The van der Waals surface area contributed by atoms with Crippen molar-refractivity contribution >= 4 is 17.2 Å². The minimum Gasteiger partial charge on any atom is -0.395 e. The zero-order valence-corrected chi connectivity index (χ0v) is 12.8. The molecule has 0 aliphatic carbocycles. The lowest BCUT2D eigenvalue weighted by Crippen LogP contribution is -2.22. The van der Waals surface area contributed by atoms with Crippen LogP contribution in [0, 0.1) is 18.8 Å². The second kappa shape index (κ2) is 7.07. The first-order chi connectivity index (χ1) is 10.1. The van der Waals surface area contributed by atoms with Gasteiger partial charge in [0.25, 0.3) is 5.91 Å². The Morgan fingerprint density at radius 3 is 3.00 bits per heavy atom. The minimum absolute atomic E-state index is 0.0752. The summed E-state index contributed by atoms with van der Waals surface area (Å²) in [4.78, 5) is 14.0. The molecule has 0 bridgehead atoms. The molecule has 6 heteroatoms. The number of aliphatic hydroxyl groups is 1. The molecular weight excluding hydrogens is 286 g/mol. The molecule has 21 heavy (non-hydrogen) atoms. The van der Waals surface area contributed by atoms with E-state index in [0.29, 0.717) is 18.5 Å². The second-order valence-electron chi connectivity index (χ2n) is 4.49. The van der Waals surface area contributed by atoms with Gasteiger partial charge in [-0.2, -0.15) is 5.10 Å². The SMILES string of the molecule is Cc1c(C(=O)NCc2ccc(C#CCCO)s2)cnn1C. The standard InChI is InChI=1S/C15H17N3O2S/c1-11-14(10-17-18(11)2)15(20)16-9-13-7-6-12(21-13)5-3-4-8-19/h6-7,10,19H,4,8-9H2,1-2H3,(H,16,20). The van der Waals surface area contributed by atoms with Crippen molar-refractivity contribution in [3.8, 4) is 11.8 Å². The molecule has 2 heterocycles. The highest BCUT2D eigenvalue weighted by Crippen LogP contribution is 2.15. The van der Waals surface area contributed by atoms with Gasteiger partial charge in [0.15, 0.2) is 0 Å². The number of hydrogen-bond acceptors (Lipinski definition) is 4. The zero-order chi connectivity index (χ0) is 15.2. The molecule has 0 aliphatic heterocycles. The molecule has 0 saturated carbocycles. The number of aliphatic hydroxyl groups excluding tert-OH is 1. The molecule has 0 fully saturated rings. The van der Waals surface area contributed by atoms with Gasteiger partial charge in [-0.1, -0.05) is 11.8 Å². The first-order valence-electron chi connectivity index (χ1n) is 6.57. The Morgan fingerprint density at radius 2 is 2.33 bits per heavy atom. The van der Waals surface area contributed by atoms with E-state index in [1.54, 1.807) is 10.9 Å². The number of nitrogens with zero attached hydrogens (tertiary/aromatic N) is 2. The Hall–Kier alpha value is -2.10. The maximum absolute atomic E-state index is 12.1. The van der Waals surface area contributed by atoms with Crippen molar-refractivity contribution in [1.82, 2.24) is 15.1 Å². The fraction of sp³-hybridized carbons (Fsp3) is 0.333. The number of aryl methyl sites for hydroxylation is 1. The van der Waals surface area contributed by atoms with Crippen LogP contribution in [-0.2, 0) is 13.6 Å². The highest BCUT2D eigenvalue weighted by molar-refractivity contribution is 7.12. The third-order valence-corrected chi connectivity index (χ3v) is 4.01. The number of aromatic nitrogens is 2.